The normalized spacial score (nSPS) is 14.4. The summed E-state index contributed by atoms with van der Waals surface area (Å²) in [6.45, 7) is 3.49. The number of piperidine rings is 1. The fourth-order valence-corrected chi connectivity index (χ4v) is 3.74. The molecule has 5 nitrogen and oxygen atoms in total. The van der Waals surface area contributed by atoms with Crippen LogP contribution in [0.25, 0.3) is 0 Å². The van der Waals surface area contributed by atoms with Crippen LogP contribution in [-0.4, -0.2) is 23.9 Å². The molecule has 1 fully saturated rings. The number of nitrogens with one attached hydrogen (secondary N) is 1. The van der Waals surface area contributed by atoms with Gasteiger partial charge in [0.1, 0.15) is 18.1 Å². The SMILES string of the molecule is O=C(Nc1ccc(CN2CCCCC2)cc1)c1ccc(COc2ccccc2Cl)o1. The molecule has 3 aromatic rings. The van der Waals surface area contributed by atoms with Crippen molar-refractivity contribution >= 4 is 23.2 Å². The smallest absolute Gasteiger partial charge is 0.291 e. The molecule has 30 heavy (non-hydrogen) atoms. The van der Waals surface area contributed by atoms with Gasteiger partial charge in [-0.2, -0.15) is 0 Å². The van der Waals surface area contributed by atoms with Crippen molar-refractivity contribution in [3.05, 3.63) is 82.8 Å². The number of ether oxygens (including phenoxy) is 1. The molecule has 4 rings (SSSR count). The van der Waals surface area contributed by atoms with E-state index in [-0.39, 0.29) is 18.3 Å². The zero-order valence-electron chi connectivity index (χ0n) is 16.8. The number of furan rings is 1. The minimum absolute atomic E-state index is 0.197. The molecular weight excluding hydrogens is 400 g/mol. The monoisotopic (exact) mass is 424 g/mol. The first-order valence-electron chi connectivity index (χ1n) is 10.3. The Hall–Kier alpha value is -2.76. The number of halogens is 1. The van der Waals surface area contributed by atoms with Crippen molar-refractivity contribution in [2.24, 2.45) is 0 Å². The van der Waals surface area contributed by atoms with Gasteiger partial charge in [-0.3, -0.25) is 9.69 Å². The van der Waals surface area contributed by atoms with Gasteiger partial charge < -0.3 is 14.5 Å². The fraction of sp³-hybridized carbons (Fsp3) is 0.292. The summed E-state index contributed by atoms with van der Waals surface area (Å²) in [4.78, 5) is 15.0. The molecule has 0 saturated carbocycles. The second-order valence-corrected chi connectivity index (χ2v) is 7.88. The van der Waals surface area contributed by atoms with E-state index in [9.17, 15) is 4.79 Å². The van der Waals surface area contributed by atoms with Crippen LogP contribution in [0.4, 0.5) is 5.69 Å². The third kappa shape index (κ3) is 5.43. The molecule has 6 heteroatoms. The van der Waals surface area contributed by atoms with Gasteiger partial charge in [-0.25, -0.2) is 0 Å². The molecule has 0 aliphatic carbocycles. The van der Waals surface area contributed by atoms with Crippen LogP contribution in [0.2, 0.25) is 5.02 Å². The molecule has 156 valence electrons. The first kappa shape index (κ1) is 20.5. The number of carbonyl (C=O) groups is 1. The number of likely N-dealkylation sites (tertiary alicyclic amines) is 1. The zero-order chi connectivity index (χ0) is 20.8. The van der Waals surface area contributed by atoms with Crippen molar-refractivity contribution in [3.63, 3.8) is 0 Å². The van der Waals surface area contributed by atoms with Crippen LogP contribution in [0, 0.1) is 0 Å². The van der Waals surface area contributed by atoms with E-state index in [0.29, 0.717) is 16.5 Å². The number of rotatable bonds is 7. The number of nitrogens with zero attached hydrogens (tertiary/aromatic N) is 1. The van der Waals surface area contributed by atoms with E-state index in [1.54, 1.807) is 24.3 Å². The van der Waals surface area contributed by atoms with Crippen molar-refractivity contribution in [1.82, 2.24) is 4.90 Å². The van der Waals surface area contributed by atoms with E-state index in [1.165, 1.54) is 37.9 Å². The van der Waals surface area contributed by atoms with Crippen molar-refractivity contribution < 1.29 is 13.9 Å². The van der Waals surface area contributed by atoms with Crippen LogP contribution < -0.4 is 10.1 Å². The number of hydrogen-bond donors (Lipinski definition) is 1. The summed E-state index contributed by atoms with van der Waals surface area (Å²) < 4.78 is 11.3. The predicted octanol–water partition coefficient (Wildman–Crippen LogP) is 5.75. The van der Waals surface area contributed by atoms with Crippen LogP contribution in [0.15, 0.2) is 65.1 Å². The maximum absolute atomic E-state index is 12.5. The number of anilines is 1. The molecule has 1 saturated heterocycles. The van der Waals surface area contributed by atoms with Gasteiger partial charge in [-0.1, -0.05) is 42.3 Å². The summed E-state index contributed by atoms with van der Waals surface area (Å²) in [6, 6.07) is 18.6. The van der Waals surface area contributed by atoms with Gasteiger partial charge in [0.15, 0.2) is 5.76 Å². The molecule has 1 aliphatic rings. The largest absolute Gasteiger partial charge is 0.484 e. The quantitative estimate of drug-likeness (QED) is 0.524. The Bertz CT molecular complexity index is 978. The molecule has 1 N–H and O–H groups in total. The van der Waals surface area contributed by atoms with Crippen molar-refractivity contribution in [1.29, 1.82) is 0 Å². The Labute approximate surface area is 181 Å². The lowest BCUT2D eigenvalue weighted by Gasteiger charge is -2.26. The van der Waals surface area contributed by atoms with Crippen molar-refractivity contribution in [2.75, 3.05) is 18.4 Å². The summed E-state index contributed by atoms with van der Waals surface area (Å²) in [6.07, 6.45) is 3.90. The Morgan fingerprint density at radius 3 is 2.53 bits per heavy atom. The highest BCUT2D eigenvalue weighted by Crippen LogP contribution is 2.24. The van der Waals surface area contributed by atoms with Crippen LogP contribution >= 0.6 is 11.6 Å². The van der Waals surface area contributed by atoms with Crippen molar-refractivity contribution in [2.45, 2.75) is 32.4 Å². The van der Waals surface area contributed by atoms with E-state index < -0.39 is 0 Å². The molecule has 2 heterocycles. The summed E-state index contributed by atoms with van der Waals surface area (Å²) in [7, 11) is 0. The first-order valence-corrected chi connectivity index (χ1v) is 10.6. The van der Waals surface area contributed by atoms with Crippen LogP contribution in [0.1, 0.15) is 41.1 Å². The fourth-order valence-electron chi connectivity index (χ4n) is 3.55. The number of amides is 1. The van der Waals surface area contributed by atoms with Gasteiger partial charge in [0.2, 0.25) is 0 Å². The topological polar surface area (TPSA) is 54.7 Å². The van der Waals surface area contributed by atoms with E-state index in [2.05, 4.69) is 22.3 Å². The summed E-state index contributed by atoms with van der Waals surface area (Å²) >= 11 is 6.08. The third-order valence-electron chi connectivity index (χ3n) is 5.16. The van der Waals surface area contributed by atoms with Gasteiger partial charge in [0, 0.05) is 12.2 Å². The predicted molar refractivity (Wildman–Crippen MR) is 118 cm³/mol. The van der Waals surface area contributed by atoms with E-state index in [4.69, 9.17) is 20.8 Å². The van der Waals surface area contributed by atoms with Crippen LogP contribution in [-0.2, 0) is 13.2 Å². The van der Waals surface area contributed by atoms with E-state index in [0.717, 1.165) is 12.2 Å². The molecule has 1 aliphatic heterocycles. The molecule has 2 aromatic carbocycles. The highest BCUT2D eigenvalue weighted by Gasteiger charge is 2.13. The van der Waals surface area contributed by atoms with E-state index in [1.807, 2.05) is 24.3 Å². The molecule has 0 spiro atoms. The highest BCUT2D eigenvalue weighted by molar-refractivity contribution is 6.32. The van der Waals surface area contributed by atoms with E-state index >= 15 is 0 Å². The maximum Gasteiger partial charge on any atom is 0.291 e. The molecule has 1 amide bonds. The second kappa shape index (κ2) is 9.83. The summed E-state index contributed by atoms with van der Waals surface area (Å²) in [5.41, 5.74) is 2.00. The Morgan fingerprint density at radius 1 is 1.00 bits per heavy atom. The minimum atomic E-state index is -0.289. The molecule has 0 bridgehead atoms. The number of para-hydroxylation sites is 1. The molecule has 0 atom stereocenters. The number of carbonyl (C=O) groups excluding carboxylic acids is 1. The van der Waals surface area contributed by atoms with Gasteiger partial charge in [-0.15, -0.1) is 0 Å². The lowest BCUT2D eigenvalue weighted by Crippen LogP contribution is -2.29. The Morgan fingerprint density at radius 2 is 1.77 bits per heavy atom. The minimum Gasteiger partial charge on any atom is -0.484 e. The lowest BCUT2D eigenvalue weighted by atomic mass is 10.1. The maximum atomic E-state index is 12.5. The zero-order valence-corrected chi connectivity index (χ0v) is 17.5. The number of hydrogen-bond acceptors (Lipinski definition) is 4. The standard InChI is InChI=1S/C24H25ClN2O3/c25-21-6-2-3-7-22(21)29-17-20-12-13-23(30-20)24(28)26-19-10-8-18(9-11-19)16-27-14-4-1-5-15-27/h2-3,6-13H,1,4-5,14-17H2,(H,26,28). The lowest BCUT2D eigenvalue weighted by molar-refractivity contribution is 0.0992. The molecular formula is C24H25ClN2O3. The second-order valence-electron chi connectivity index (χ2n) is 7.47. The molecule has 0 radical (unpaired) electrons. The van der Waals surface area contributed by atoms with Gasteiger partial charge >= 0.3 is 0 Å². The molecule has 1 aromatic heterocycles. The van der Waals surface area contributed by atoms with Gasteiger partial charge in [0.25, 0.3) is 5.91 Å². The Balaban J connectivity index is 1.30. The third-order valence-corrected chi connectivity index (χ3v) is 5.47. The average Bonchev–Trinajstić information content (AvgIpc) is 3.25. The van der Waals surface area contributed by atoms with Gasteiger partial charge in [0.05, 0.1) is 5.02 Å². The van der Waals surface area contributed by atoms with Crippen LogP contribution in [0.5, 0.6) is 5.75 Å². The summed E-state index contributed by atoms with van der Waals surface area (Å²) in [5, 5.41) is 3.41. The highest BCUT2D eigenvalue weighted by atomic mass is 35.5. The Kier molecular flexibility index (Phi) is 6.72. The van der Waals surface area contributed by atoms with Crippen molar-refractivity contribution in [3.8, 4) is 5.75 Å². The average molecular weight is 425 g/mol. The van der Waals surface area contributed by atoms with Crippen LogP contribution in [0.3, 0.4) is 0 Å². The number of benzene rings is 2. The van der Waals surface area contributed by atoms with Gasteiger partial charge in [-0.05, 0) is 67.9 Å². The molecule has 0 unspecified atom stereocenters. The summed E-state index contributed by atoms with van der Waals surface area (Å²) in [5.74, 6) is 1.08. The first-order chi connectivity index (χ1) is 14.7.